The number of pyridine rings is 1. The molecule has 1 aliphatic heterocycles. The summed E-state index contributed by atoms with van der Waals surface area (Å²) in [6.07, 6.45) is 10.4. The van der Waals surface area contributed by atoms with Crippen molar-refractivity contribution in [3.05, 3.63) is 65.6 Å². The molecule has 4 aromatic rings. The van der Waals surface area contributed by atoms with Gasteiger partial charge >= 0.3 is 0 Å². The van der Waals surface area contributed by atoms with E-state index < -0.39 is 16.1 Å². The number of carbonyl (C=O) groups excluding carboxylic acids is 2. The molecule has 1 saturated heterocycles. The van der Waals surface area contributed by atoms with Crippen LogP contribution >= 0.6 is 11.3 Å². The second kappa shape index (κ2) is 10.6. The van der Waals surface area contributed by atoms with Gasteiger partial charge in [-0.1, -0.05) is 5.92 Å². The van der Waals surface area contributed by atoms with Gasteiger partial charge in [0.1, 0.15) is 5.03 Å². The number of carbonyl (C=O) groups is 2. The van der Waals surface area contributed by atoms with Crippen LogP contribution in [0.3, 0.4) is 0 Å². The Morgan fingerprint density at radius 3 is 2.67 bits per heavy atom. The minimum Gasteiger partial charge on any atom is -0.349 e. The molecule has 0 aliphatic carbocycles. The van der Waals surface area contributed by atoms with Crippen LogP contribution in [0.4, 0.5) is 0 Å². The number of terminal acetylenes is 1. The standard InChI is InChI=1S/C27H26N6O4S2/c1-4-18-5-6-22-20(13-18)14-24(30-22)39(36,37)32-11-12-33(21(17-32)15-25(34)31(2)3)27(35)26-29-16-23(38-26)19-7-9-28-10-8-19/h1,5-10,13-14,16,21,30H,11-12,15,17H2,2-3H3. The third-order valence-corrected chi connectivity index (χ3v) is 9.47. The molecule has 1 atom stereocenters. The van der Waals surface area contributed by atoms with Crippen molar-refractivity contribution >= 4 is 44.1 Å². The summed E-state index contributed by atoms with van der Waals surface area (Å²) < 4.78 is 28.6. The molecule has 1 fully saturated rings. The maximum absolute atomic E-state index is 13.6. The zero-order chi connectivity index (χ0) is 27.7. The Bertz CT molecular complexity index is 1690. The second-order valence-corrected chi connectivity index (χ2v) is 12.3. The number of hydrogen-bond donors (Lipinski definition) is 1. The van der Waals surface area contributed by atoms with E-state index in [0.29, 0.717) is 16.5 Å². The van der Waals surface area contributed by atoms with Crippen LogP contribution in [0.25, 0.3) is 21.3 Å². The molecule has 0 saturated carbocycles. The average molecular weight is 563 g/mol. The number of aromatic nitrogens is 3. The summed E-state index contributed by atoms with van der Waals surface area (Å²) in [5.41, 5.74) is 2.19. The van der Waals surface area contributed by atoms with E-state index in [2.05, 4.69) is 20.9 Å². The summed E-state index contributed by atoms with van der Waals surface area (Å²) in [5.74, 6) is 2.01. The lowest BCUT2D eigenvalue weighted by molar-refractivity contribution is -0.130. The van der Waals surface area contributed by atoms with Gasteiger partial charge in [0.25, 0.3) is 15.9 Å². The van der Waals surface area contributed by atoms with Crippen LogP contribution in [-0.4, -0.2) is 89.1 Å². The van der Waals surface area contributed by atoms with Crippen LogP contribution < -0.4 is 0 Å². The normalized spacial score (nSPS) is 16.2. The quantitative estimate of drug-likeness (QED) is 0.361. The van der Waals surface area contributed by atoms with Gasteiger partial charge in [0, 0.05) is 75.2 Å². The van der Waals surface area contributed by atoms with Crippen molar-refractivity contribution in [1.82, 2.24) is 29.1 Å². The topological polar surface area (TPSA) is 120 Å². The van der Waals surface area contributed by atoms with Gasteiger partial charge in [-0.25, -0.2) is 13.4 Å². The lowest BCUT2D eigenvalue weighted by Crippen LogP contribution is -2.57. The predicted octanol–water partition coefficient (Wildman–Crippen LogP) is 2.66. The van der Waals surface area contributed by atoms with Gasteiger partial charge in [0.2, 0.25) is 5.91 Å². The number of amides is 2. The molecule has 2 amide bonds. The van der Waals surface area contributed by atoms with Crippen LogP contribution in [0.15, 0.2) is 60.0 Å². The van der Waals surface area contributed by atoms with E-state index in [1.54, 1.807) is 61.9 Å². The van der Waals surface area contributed by atoms with E-state index in [1.807, 2.05) is 12.1 Å². The van der Waals surface area contributed by atoms with Crippen LogP contribution in [0.1, 0.15) is 21.8 Å². The zero-order valence-corrected chi connectivity index (χ0v) is 23.0. The van der Waals surface area contributed by atoms with Gasteiger partial charge in [0.15, 0.2) is 5.01 Å². The average Bonchev–Trinajstić information content (AvgIpc) is 3.61. The molecule has 1 unspecified atom stereocenters. The molecule has 1 N–H and O–H groups in total. The molecule has 0 spiro atoms. The Hall–Kier alpha value is -4.05. The molecule has 0 bridgehead atoms. The highest BCUT2D eigenvalue weighted by molar-refractivity contribution is 7.89. The van der Waals surface area contributed by atoms with Crippen molar-refractivity contribution in [2.24, 2.45) is 0 Å². The van der Waals surface area contributed by atoms with Crippen molar-refractivity contribution in [2.45, 2.75) is 17.5 Å². The highest BCUT2D eigenvalue weighted by atomic mass is 32.2. The first-order valence-corrected chi connectivity index (χ1v) is 14.4. The molecular weight excluding hydrogens is 536 g/mol. The first-order valence-electron chi connectivity index (χ1n) is 12.1. The number of hydrogen-bond acceptors (Lipinski definition) is 7. The smallest absolute Gasteiger partial charge is 0.283 e. The SMILES string of the molecule is C#Cc1ccc2[nH]c(S(=O)(=O)N3CCN(C(=O)c4ncc(-c5ccncc5)s4)C(CC(=O)N(C)C)C3)cc2c1. The molecule has 3 aromatic heterocycles. The Balaban J connectivity index is 1.41. The van der Waals surface area contributed by atoms with Crippen molar-refractivity contribution in [3.63, 3.8) is 0 Å². The van der Waals surface area contributed by atoms with E-state index in [9.17, 15) is 18.0 Å². The van der Waals surface area contributed by atoms with Crippen molar-refractivity contribution in [1.29, 1.82) is 0 Å². The summed E-state index contributed by atoms with van der Waals surface area (Å²) in [5, 5.41) is 0.998. The molecule has 0 radical (unpaired) electrons. The number of benzene rings is 1. The Morgan fingerprint density at radius 1 is 1.18 bits per heavy atom. The van der Waals surface area contributed by atoms with E-state index in [1.165, 1.54) is 20.5 Å². The number of fused-ring (bicyclic) bond motifs is 1. The van der Waals surface area contributed by atoms with Crippen LogP contribution in [-0.2, 0) is 14.8 Å². The first-order chi connectivity index (χ1) is 18.7. The molecular formula is C27H26N6O4S2. The number of sulfonamides is 1. The maximum atomic E-state index is 13.6. The van der Waals surface area contributed by atoms with Crippen molar-refractivity contribution < 1.29 is 18.0 Å². The fourth-order valence-corrected chi connectivity index (χ4v) is 6.85. The number of aromatic amines is 1. The number of nitrogens with zero attached hydrogens (tertiary/aromatic N) is 5. The summed E-state index contributed by atoms with van der Waals surface area (Å²) in [6.45, 7) is 0.171. The molecule has 200 valence electrons. The van der Waals surface area contributed by atoms with Gasteiger partial charge in [-0.3, -0.25) is 14.6 Å². The highest BCUT2D eigenvalue weighted by Crippen LogP contribution is 2.29. The molecule has 5 rings (SSSR count). The van der Waals surface area contributed by atoms with Gasteiger partial charge in [-0.05, 0) is 42.0 Å². The van der Waals surface area contributed by atoms with E-state index in [4.69, 9.17) is 6.42 Å². The summed E-state index contributed by atoms with van der Waals surface area (Å²) in [4.78, 5) is 41.4. The van der Waals surface area contributed by atoms with E-state index in [-0.39, 0.29) is 47.9 Å². The molecule has 1 aliphatic rings. The number of rotatable bonds is 6. The van der Waals surface area contributed by atoms with Gasteiger partial charge in [-0.15, -0.1) is 17.8 Å². The molecule has 12 heteroatoms. The molecule has 39 heavy (non-hydrogen) atoms. The van der Waals surface area contributed by atoms with Gasteiger partial charge in [-0.2, -0.15) is 4.31 Å². The Morgan fingerprint density at radius 2 is 1.95 bits per heavy atom. The number of piperazine rings is 1. The number of thiazole rings is 1. The minimum atomic E-state index is -3.93. The molecule has 1 aromatic carbocycles. The minimum absolute atomic E-state index is 0.0222. The van der Waals surface area contributed by atoms with Crippen LogP contribution in [0.5, 0.6) is 0 Å². The van der Waals surface area contributed by atoms with Crippen LogP contribution in [0.2, 0.25) is 0 Å². The second-order valence-electron chi connectivity index (χ2n) is 9.35. The zero-order valence-electron chi connectivity index (χ0n) is 21.4. The van der Waals surface area contributed by atoms with Gasteiger partial charge < -0.3 is 14.8 Å². The number of nitrogens with one attached hydrogen (secondary N) is 1. The van der Waals surface area contributed by atoms with Crippen molar-refractivity contribution in [2.75, 3.05) is 33.7 Å². The fraction of sp³-hybridized carbons (Fsp3) is 0.259. The summed E-state index contributed by atoms with van der Waals surface area (Å²) >= 11 is 1.25. The summed E-state index contributed by atoms with van der Waals surface area (Å²) in [7, 11) is -0.679. The monoisotopic (exact) mass is 562 g/mol. The largest absolute Gasteiger partial charge is 0.349 e. The molecule has 4 heterocycles. The first kappa shape index (κ1) is 26.6. The van der Waals surface area contributed by atoms with Crippen LogP contribution in [0, 0.1) is 12.3 Å². The lowest BCUT2D eigenvalue weighted by Gasteiger charge is -2.40. The van der Waals surface area contributed by atoms with Crippen molar-refractivity contribution in [3.8, 4) is 22.8 Å². The third kappa shape index (κ3) is 5.29. The predicted molar refractivity (Wildman–Crippen MR) is 148 cm³/mol. The van der Waals surface area contributed by atoms with E-state index in [0.717, 1.165) is 10.4 Å². The highest BCUT2D eigenvalue weighted by Gasteiger charge is 2.39. The number of H-pyrrole nitrogens is 1. The Kier molecular flexibility index (Phi) is 7.22. The Labute approximate surface area is 230 Å². The third-order valence-electron chi connectivity index (χ3n) is 6.65. The fourth-order valence-electron chi connectivity index (χ4n) is 4.49. The maximum Gasteiger partial charge on any atom is 0.283 e. The van der Waals surface area contributed by atoms with Gasteiger partial charge in [0.05, 0.1) is 10.9 Å². The van der Waals surface area contributed by atoms with E-state index >= 15 is 0 Å². The molecule has 10 nitrogen and oxygen atoms in total. The lowest BCUT2D eigenvalue weighted by atomic mass is 10.1. The summed E-state index contributed by atoms with van der Waals surface area (Å²) in [6, 6.07) is 9.78.